The van der Waals surface area contributed by atoms with Gasteiger partial charge in [-0.2, -0.15) is 0 Å². The molecule has 0 fully saturated rings. The molecule has 5 rings (SSSR count). The van der Waals surface area contributed by atoms with Crippen molar-refractivity contribution in [3.05, 3.63) is 127 Å². The van der Waals surface area contributed by atoms with Crippen LogP contribution in [0, 0.1) is 0 Å². The molecular weight excluding hydrogens is 408 g/mol. The van der Waals surface area contributed by atoms with E-state index < -0.39 is 0 Å². The molecule has 0 aliphatic heterocycles. The van der Waals surface area contributed by atoms with Gasteiger partial charge in [-0.15, -0.1) is 0 Å². The summed E-state index contributed by atoms with van der Waals surface area (Å²) >= 11 is 0. The Bertz CT molecular complexity index is 1310. The van der Waals surface area contributed by atoms with Crippen molar-refractivity contribution < 1.29 is 9.90 Å². The van der Waals surface area contributed by atoms with Gasteiger partial charge in [-0.3, -0.25) is 4.79 Å². The van der Waals surface area contributed by atoms with E-state index in [2.05, 4.69) is 46.3 Å². The summed E-state index contributed by atoms with van der Waals surface area (Å²) in [6.07, 6.45) is 0. The number of amides is 1. The van der Waals surface area contributed by atoms with Crippen LogP contribution in [0.1, 0.15) is 10.4 Å². The highest BCUT2D eigenvalue weighted by atomic mass is 16.3. The Labute approximate surface area is 192 Å². The zero-order valence-electron chi connectivity index (χ0n) is 17.8. The zero-order valence-corrected chi connectivity index (χ0v) is 17.8. The van der Waals surface area contributed by atoms with E-state index >= 15 is 0 Å². The van der Waals surface area contributed by atoms with Crippen LogP contribution in [-0.2, 0) is 0 Å². The maximum atomic E-state index is 12.7. The van der Waals surface area contributed by atoms with Gasteiger partial charge >= 0.3 is 0 Å². The Morgan fingerprint density at radius 1 is 0.606 bits per heavy atom. The molecule has 0 bridgehead atoms. The topological polar surface area (TPSA) is 54.3 Å². The zero-order chi connectivity index (χ0) is 22.6. The molecule has 2 N–H and O–H groups in total. The number of hydrogen-bond donors (Lipinski definition) is 2. The molecule has 4 heteroatoms. The van der Waals surface area contributed by atoms with E-state index in [1.54, 1.807) is 24.3 Å². The maximum Gasteiger partial charge on any atom is 0.255 e. The molecule has 160 valence electrons. The third kappa shape index (κ3) is 4.27. The van der Waals surface area contributed by atoms with Crippen LogP contribution in [0.15, 0.2) is 121 Å². The van der Waals surface area contributed by atoms with Gasteiger partial charge in [-0.25, -0.2) is 0 Å². The molecule has 5 aromatic rings. The van der Waals surface area contributed by atoms with E-state index in [1.165, 1.54) is 0 Å². The number of anilines is 1. The van der Waals surface area contributed by atoms with Crippen LogP contribution in [0.4, 0.5) is 5.69 Å². The molecule has 4 nitrogen and oxygen atoms in total. The average molecular weight is 431 g/mol. The monoisotopic (exact) mass is 430 g/mol. The van der Waals surface area contributed by atoms with Gasteiger partial charge in [-0.05, 0) is 71.8 Å². The Morgan fingerprint density at radius 2 is 1.12 bits per heavy atom. The molecule has 0 spiro atoms. The lowest BCUT2D eigenvalue weighted by Crippen LogP contribution is -2.11. The van der Waals surface area contributed by atoms with E-state index in [1.807, 2.05) is 60.7 Å². The molecule has 1 heterocycles. The highest BCUT2D eigenvalue weighted by molar-refractivity contribution is 6.04. The Balaban J connectivity index is 1.51. The van der Waals surface area contributed by atoms with E-state index in [-0.39, 0.29) is 11.7 Å². The number of nitrogens with zero attached hydrogens (tertiary/aromatic N) is 1. The minimum Gasteiger partial charge on any atom is -0.508 e. The van der Waals surface area contributed by atoms with Gasteiger partial charge < -0.3 is 15.0 Å². The van der Waals surface area contributed by atoms with Crippen molar-refractivity contribution in [3.63, 3.8) is 0 Å². The number of phenols is 1. The van der Waals surface area contributed by atoms with E-state index in [0.717, 1.165) is 28.2 Å². The van der Waals surface area contributed by atoms with E-state index in [9.17, 15) is 9.90 Å². The predicted octanol–water partition coefficient (Wildman–Crippen LogP) is 6.77. The first-order valence-electron chi connectivity index (χ1n) is 10.7. The number of phenolic OH excluding ortho intramolecular Hbond substituents is 1. The predicted molar refractivity (Wildman–Crippen MR) is 133 cm³/mol. The third-order valence-electron chi connectivity index (χ3n) is 5.53. The van der Waals surface area contributed by atoms with Gasteiger partial charge in [0, 0.05) is 16.9 Å². The number of benzene rings is 4. The Morgan fingerprint density at radius 3 is 1.64 bits per heavy atom. The fourth-order valence-corrected chi connectivity index (χ4v) is 3.89. The van der Waals surface area contributed by atoms with Crippen LogP contribution in [-0.4, -0.2) is 15.6 Å². The lowest BCUT2D eigenvalue weighted by atomic mass is 10.1. The second-order valence-corrected chi connectivity index (χ2v) is 7.72. The van der Waals surface area contributed by atoms with Gasteiger partial charge in [-0.1, -0.05) is 60.7 Å². The first-order valence-corrected chi connectivity index (χ1v) is 10.7. The molecule has 0 aliphatic carbocycles. The van der Waals surface area contributed by atoms with Crippen LogP contribution in [0.5, 0.6) is 5.75 Å². The Hall–Kier alpha value is -4.57. The first kappa shape index (κ1) is 20.3. The fraction of sp³-hybridized carbons (Fsp3) is 0. The smallest absolute Gasteiger partial charge is 0.255 e. The van der Waals surface area contributed by atoms with E-state index in [4.69, 9.17) is 0 Å². The highest BCUT2D eigenvalue weighted by Crippen LogP contribution is 2.32. The quantitative estimate of drug-likeness (QED) is 0.302. The van der Waals surface area contributed by atoms with Crippen molar-refractivity contribution >= 4 is 11.6 Å². The largest absolute Gasteiger partial charge is 0.508 e. The summed E-state index contributed by atoms with van der Waals surface area (Å²) in [5.41, 5.74) is 6.56. The molecule has 1 amide bonds. The van der Waals surface area contributed by atoms with Gasteiger partial charge in [0.25, 0.3) is 5.91 Å². The first-order chi connectivity index (χ1) is 16.2. The van der Waals surface area contributed by atoms with Crippen LogP contribution >= 0.6 is 0 Å². The van der Waals surface area contributed by atoms with E-state index in [0.29, 0.717) is 11.3 Å². The molecular formula is C29H22N2O2. The number of hydrogen-bond acceptors (Lipinski definition) is 2. The normalized spacial score (nSPS) is 10.7. The standard InChI is InChI=1S/C29H22N2O2/c32-26-17-13-24(14-18-26)30-29(33)23-11-15-25(16-12-23)31-27(21-7-3-1-4-8-21)19-20-28(31)22-9-5-2-6-10-22/h1-20,32H,(H,30,33). The number of rotatable bonds is 5. The van der Waals surface area contributed by atoms with Crippen LogP contribution < -0.4 is 5.32 Å². The lowest BCUT2D eigenvalue weighted by molar-refractivity contribution is 0.102. The van der Waals surface area contributed by atoms with Crippen LogP contribution in [0.25, 0.3) is 28.2 Å². The summed E-state index contributed by atoms with van der Waals surface area (Å²) in [5, 5.41) is 12.3. The molecule has 1 aromatic heterocycles. The average Bonchev–Trinajstić information content (AvgIpc) is 3.32. The SMILES string of the molecule is O=C(Nc1ccc(O)cc1)c1ccc(-n2c(-c3ccccc3)ccc2-c2ccccc2)cc1. The lowest BCUT2D eigenvalue weighted by Gasteiger charge is -2.15. The Kier molecular flexibility index (Phi) is 5.48. The van der Waals surface area contributed by atoms with Crippen molar-refractivity contribution in [2.75, 3.05) is 5.32 Å². The van der Waals surface area contributed by atoms with Crippen LogP contribution in [0.3, 0.4) is 0 Å². The van der Waals surface area contributed by atoms with Gasteiger partial charge in [0.15, 0.2) is 0 Å². The minimum atomic E-state index is -0.202. The van der Waals surface area contributed by atoms with Gasteiger partial charge in [0.05, 0.1) is 11.4 Å². The van der Waals surface area contributed by atoms with Crippen molar-refractivity contribution in [3.8, 4) is 34.0 Å². The third-order valence-corrected chi connectivity index (χ3v) is 5.53. The summed E-state index contributed by atoms with van der Waals surface area (Å²) < 4.78 is 2.21. The minimum absolute atomic E-state index is 0.160. The molecule has 0 saturated carbocycles. The summed E-state index contributed by atoms with van der Waals surface area (Å²) in [4.78, 5) is 12.7. The number of nitrogens with one attached hydrogen (secondary N) is 1. The van der Waals surface area contributed by atoms with Gasteiger partial charge in [0.1, 0.15) is 5.75 Å². The van der Waals surface area contributed by atoms with Crippen molar-refractivity contribution in [1.29, 1.82) is 0 Å². The summed E-state index contributed by atoms with van der Waals surface area (Å²) in [6, 6.07) is 38.8. The van der Waals surface area contributed by atoms with Crippen molar-refractivity contribution in [2.24, 2.45) is 0 Å². The molecule has 0 radical (unpaired) electrons. The molecule has 4 aromatic carbocycles. The van der Waals surface area contributed by atoms with Gasteiger partial charge in [0.2, 0.25) is 0 Å². The second-order valence-electron chi connectivity index (χ2n) is 7.72. The van der Waals surface area contributed by atoms with Crippen LogP contribution in [0.2, 0.25) is 0 Å². The molecule has 33 heavy (non-hydrogen) atoms. The molecule has 0 saturated heterocycles. The van der Waals surface area contributed by atoms with Crippen molar-refractivity contribution in [2.45, 2.75) is 0 Å². The maximum absolute atomic E-state index is 12.7. The summed E-state index contributed by atoms with van der Waals surface area (Å²) in [5.74, 6) is -0.0428. The molecule has 0 atom stereocenters. The summed E-state index contributed by atoms with van der Waals surface area (Å²) in [6.45, 7) is 0. The highest BCUT2D eigenvalue weighted by Gasteiger charge is 2.14. The fourth-order valence-electron chi connectivity index (χ4n) is 3.89. The molecule has 0 unspecified atom stereocenters. The summed E-state index contributed by atoms with van der Waals surface area (Å²) in [7, 11) is 0. The second kappa shape index (κ2) is 8.89. The molecule has 0 aliphatic rings. The number of aromatic nitrogens is 1. The number of aromatic hydroxyl groups is 1. The van der Waals surface area contributed by atoms with Crippen molar-refractivity contribution in [1.82, 2.24) is 4.57 Å². The number of carbonyl (C=O) groups excluding carboxylic acids is 1. The number of carbonyl (C=O) groups is 1.